The van der Waals surface area contributed by atoms with Crippen LogP contribution < -0.4 is 10.6 Å². The van der Waals surface area contributed by atoms with E-state index in [1.165, 1.54) is 11.3 Å². The molecule has 102 valence electrons. The number of urea groups is 1. The molecule has 2 N–H and O–H groups in total. The molecule has 2 heterocycles. The van der Waals surface area contributed by atoms with Crippen molar-refractivity contribution in [2.45, 2.75) is 51.0 Å². The van der Waals surface area contributed by atoms with Gasteiger partial charge in [-0.3, -0.25) is 9.69 Å². The monoisotopic (exact) mass is 253 g/mol. The molecular weight excluding hydrogens is 230 g/mol. The van der Waals surface area contributed by atoms with Gasteiger partial charge >= 0.3 is 6.03 Å². The van der Waals surface area contributed by atoms with Crippen LogP contribution in [0.3, 0.4) is 0 Å². The van der Waals surface area contributed by atoms with E-state index in [0.29, 0.717) is 19.4 Å². The minimum absolute atomic E-state index is 0.00880. The predicted molar refractivity (Wildman–Crippen MR) is 69.2 cm³/mol. The highest BCUT2D eigenvalue weighted by Gasteiger charge is 2.50. The molecule has 18 heavy (non-hydrogen) atoms. The van der Waals surface area contributed by atoms with Crippen molar-refractivity contribution in [1.29, 1.82) is 0 Å². The average molecular weight is 253 g/mol. The molecule has 0 atom stereocenters. The Morgan fingerprint density at radius 1 is 1.17 bits per heavy atom. The summed E-state index contributed by atoms with van der Waals surface area (Å²) in [5.41, 5.74) is -0.604. The zero-order valence-electron chi connectivity index (χ0n) is 11.1. The molecule has 0 saturated carbocycles. The average Bonchev–Trinajstić information content (AvgIpc) is 2.59. The molecule has 0 aliphatic carbocycles. The highest BCUT2D eigenvalue weighted by Crippen LogP contribution is 2.27. The minimum Gasteiger partial charge on any atom is -0.323 e. The zero-order valence-corrected chi connectivity index (χ0v) is 11.1. The van der Waals surface area contributed by atoms with Crippen LogP contribution in [0.15, 0.2) is 0 Å². The molecule has 2 fully saturated rings. The van der Waals surface area contributed by atoms with E-state index in [4.69, 9.17) is 0 Å². The van der Waals surface area contributed by atoms with Crippen molar-refractivity contribution >= 4 is 11.9 Å². The van der Waals surface area contributed by atoms with E-state index < -0.39 is 5.54 Å². The van der Waals surface area contributed by atoms with E-state index in [9.17, 15) is 9.59 Å². The number of piperidine rings is 1. The van der Waals surface area contributed by atoms with Crippen molar-refractivity contribution in [3.63, 3.8) is 0 Å². The summed E-state index contributed by atoms with van der Waals surface area (Å²) >= 11 is 0. The highest BCUT2D eigenvalue weighted by molar-refractivity contribution is 6.07. The highest BCUT2D eigenvalue weighted by atomic mass is 16.2. The molecule has 2 aliphatic heterocycles. The lowest BCUT2D eigenvalue weighted by Gasteiger charge is -2.31. The van der Waals surface area contributed by atoms with Crippen LogP contribution >= 0.6 is 0 Å². The molecule has 0 bridgehead atoms. The molecule has 3 amide bonds. The number of amides is 3. The fourth-order valence-electron chi connectivity index (χ4n) is 2.77. The molecule has 2 saturated heterocycles. The van der Waals surface area contributed by atoms with Crippen molar-refractivity contribution < 1.29 is 9.59 Å². The van der Waals surface area contributed by atoms with Gasteiger partial charge in [0.1, 0.15) is 5.54 Å². The fourth-order valence-corrected chi connectivity index (χ4v) is 2.77. The number of carbonyl (C=O) groups is 2. The fraction of sp³-hybridized carbons (Fsp3) is 0.846. The van der Waals surface area contributed by atoms with Crippen molar-refractivity contribution in [3.05, 3.63) is 0 Å². The van der Waals surface area contributed by atoms with Gasteiger partial charge in [-0.25, -0.2) is 4.79 Å². The van der Waals surface area contributed by atoms with Crippen LogP contribution in [-0.2, 0) is 4.79 Å². The summed E-state index contributed by atoms with van der Waals surface area (Å²) in [7, 11) is 0. The Morgan fingerprint density at radius 2 is 1.89 bits per heavy atom. The molecule has 5 heteroatoms. The number of hydrogen-bond donors (Lipinski definition) is 2. The largest absolute Gasteiger partial charge is 0.325 e. The Labute approximate surface area is 108 Å². The van der Waals surface area contributed by atoms with Crippen LogP contribution in [0.5, 0.6) is 0 Å². The van der Waals surface area contributed by atoms with Gasteiger partial charge in [-0.15, -0.1) is 0 Å². The second-order valence-corrected chi connectivity index (χ2v) is 5.28. The number of nitrogens with one attached hydrogen (secondary N) is 2. The van der Waals surface area contributed by atoms with Gasteiger partial charge < -0.3 is 10.6 Å². The van der Waals surface area contributed by atoms with E-state index in [1.807, 2.05) is 0 Å². The molecule has 2 rings (SSSR count). The van der Waals surface area contributed by atoms with E-state index in [1.54, 1.807) is 0 Å². The zero-order chi connectivity index (χ0) is 13.0. The first-order valence-corrected chi connectivity index (χ1v) is 7.04. The Morgan fingerprint density at radius 3 is 2.56 bits per heavy atom. The topological polar surface area (TPSA) is 61.4 Å². The van der Waals surface area contributed by atoms with Gasteiger partial charge in [-0.05, 0) is 32.4 Å². The third kappa shape index (κ3) is 2.51. The standard InChI is InChI=1S/C13H23N3O2/c1-2-3-4-5-10-16-11(17)13(15-12(16)18)6-8-14-9-7-13/h14H,2-10H2,1H3,(H,15,18). The molecule has 1 spiro atoms. The Kier molecular flexibility index (Phi) is 4.22. The molecule has 0 unspecified atom stereocenters. The SMILES string of the molecule is CCCCCCN1C(=O)NC2(CCNCC2)C1=O. The molecule has 0 aromatic carbocycles. The first kappa shape index (κ1) is 13.3. The number of carbonyl (C=O) groups excluding carboxylic acids is 2. The smallest absolute Gasteiger partial charge is 0.323 e. The van der Waals surface area contributed by atoms with Crippen molar-refractivity contribution in [3.8, 4) is 0 Å². The summed E-state index contributed by atoms with van der Waals surface area (Å²) in [5, 5.41) is 6.13. The molecule has 0 aromatic rings. The lowest BCUT2D eigenvalue weighted by Crippen LogP contribution is -2.53. The van der Waals surface area contributed by atoms with Gasteiger partial charge in [0.2, 0.25) is 0 Å². The lowest BCUT2D eigenvalue weighted by atomic mass is 9.88. The number of hydrogen-bond acceptors (Lipinski definition) is 3. The summed E-state index contributed by atoms with van der Waals surface area (Å²) in [6.45, 7) is 4.32. The Bertz CT molecular complexity index is 324. The van der Waals surface area contributed by atoms with Gasteiger partial charge in [-0.1, -0.05) is 26.2 Å². The second-order valence-electron chi connectivity index (χ2n) is 5.28. The summed E-state index contributed by atoms with van der Waals surface area (Å²) in [5.74, 6) is -0.00880. The minimum atomic E-state index is -0.604. The summed E-state index contributed by atoms with van der Waals surface area (Å²) in [6.07, 6.45) is 5.75. The molecular formula is C13H23N3O2. The van der Waals surface area contributed by atoms with Crippen LogP contribution in [-0.4, -0.2) is 42.0 Å². The maximum Gasteiger partial charge on any atom is 0.325 e. The summed E-state index contributed by atoms with van der Waals surface area (Å²) < 4.78 is 0. The van der Waals surface area contributed by atoms with Gasteiger partial charge in [-0.2, -0.15) is 0 Å². The van der Waals surface area contributed by atoms with E-state index >= 15 is 0 Å². The molecule has 0 aromatic heterocycles. The molecule has 2 aliphatic rings. The summed E-state index contributed by atoms with van der Waals surface area (Å²) in [6, 6.07) is -0.196. The third-order valence-corrected chi connectivity index (χ3v) is 3.94. The van der Waals surface area contributed by atoms with Gasteiger partial charge in [0.05, 0.1) is 0 Å². The van der Waals surface area contributed by atoms with Crippen LogP contribution in [0.4, 0.5) is 4.79 Å². The predicted octanol–water partition coefficient (Wildman–Crippen LogP) is 1.24. The van der Waals surface area contributed by atoms with Gasteiger partial charge in [0, 0.05) is 6.54 Å². The number of rotatable bonds is 5. The first-order chi connectivity index (χ1) is 8.69. The van der Waals surface area contributed by atoms with E-state index in [0.717, 1.165) is 32.4 Å². The van der Waals surface area contributed by atoms with E-state index in [2.05, 4.69) is 17.6 Å². The maximum absolute atomic E-state index is 12.4. The number of unbranched alkanes of at least 4 members (excludes halogenated alkanes) is 3. The summed E-state index contributed by atoms with van der Waals surface area (Å²) in [4.78, 5) is 25.7. The first-order valence-electron chi connectivity index (χ1n) is 7.04. The van der Waals surface area contributed by atoms with Crippen LogP contribution in [0.2, 0.25) is 0 Å². The third-order valence-electron chi connectivity index (χ3n) is 3.94. The van der Waals surface area contributed by atoms with Crippen molar-refractivity contribution in [2.24, 2.45) is 0 Å². The van der Waals surface area contributed by atoms with Crippen molar-refractivity contribution in [2.75, 3.05) is 19.6 Å². The quantitative estimate of drug-likeness (QED) is 0.572. The van der Waals surface area contributed by atoms with Crippen LogP contribution in [0.25, 0.3) is 0 Å². The van der Waals surface area contributed by atoms with E-state index in [-0.39, 0.29) is 11.9 Å². The Balaban J connectivity index is 1.92. The second kappa shape index (κ2) is 5.69. The Hall–Kier alpha value is -1.10. The van der Waals surface area contributed by atoms with Gasteiger partial charge in [0.15, 0.2) is 0 Å². The van der Waals surface area contributed by atoms with Crippen molar-refractivity contribution in [1.82, 2.24) is 15.5 Å². The maximum atomic E-state index is 12.4. The van der Waals surface area contributed by atoms with Crippen LogP contribution in [0.1, 0.15) is 45.4 Å². The number of imide groups is 1. The number of nitrogens with zero attached hydrogens (tertiary/aromatic N) is 1. The normalized spacial score (nSPS) is 22.6. The molecule has 0 radical (unpaired) electrons. The lowest BCUT2D eigenvalue weighted by molar-refractivity contribution is -0.132. The van der Waals surface area contributed by atoms with Gasteiger partial charge in [0.25, 0.3) is 5.91 Å². The molecule has 5 nitrogen and oxygen atoms in total. The van der Waals surface area contributed by atoms with Crippen LogP contribution in [0, 0.1) is 0 Å².